The van der Waals surface area contributed by atoms with Crippen LogP contribution in [0.1, 0.15) is 26.7 Å². The number of amides is 2. The highest BCUT2D eigenvalue weighted by Gasteiger charge is 2.23. The monoisotopic (exact) mass is 459 g/mol. The third kappa shape index (κ3) is 5.63. The van der Waals surface area contributed by atoms with Crippen LogP contribution in [0, 0.1) is 6.92 Å². The molecule has 1 heterocycles. The van der Waals surface area contributed by atoms with E-state index in [0.29, 0.717) is 16.4 Å². The lowest BCUT2D eigenvalue weighted by Crippen LogP contribution is -2.18. The Bertz CT molecular complexity index is 1180. The maximum absolute atomic E-state index is 13.0. The van der Waals surface area contributed by atoms with Crippen molar-refractivity contribution < 1.29 is 9.59 Å². The smallest absolute Gasteiger partial charge is 0.255 e. The largest absolute Gasteiger partial charge is 0.322 e. The number of anilines is 2. The zero-order chi connectivity index (χ0) is 22.3. The fourth-order valence-corrected chi connectivity index (χ4v) is 4.57. The first kappa shape index (κ1) is 21.8. The van der Waals surface area contributed by atoms with E-state index in [4.69, 9.17) is 0 Å². The second-order valence-electron chi connectivity index (χ2n) is 7.08. The Kier molecular flexibility index (Phi) is 6.99. The van der Waals surface area contributed by atoms with Crippen LogP contribution in [0.15, 0.2) is 95.3 Å². The molecule has 1 unspecified atom stereocenters. The average molecular weight is 460 g/mol. The maximum atomic E-state index is 13.0. The Labute approximate surface area is 194 Å². The third-order valence-corrected chi connectivity index (χ3v) is 6.64. The fourth-order valence-electron chi connectivity index (χ4n) is 3.02. The molecule has 0 aliphatic heterocycles. The number of carbonyl (C=O) groups excluding carboxylic acids is 2. The predicted octanol–water partition coefficient (Wildman–Crippen LogP) is 6.18. The van der Waals surface area contributed by atoms with E-state index in [1.807, 2.05) is 79.0 Å². The van der Waals surface area contributed by atoms with Gasteiger partial charge in [-0.3, -0.25) is 9.59 Å². The number of hydrogen-bond acceptors (Lipinski definition) is 5. The number of benzene rings is 3. The van der Waals surface area contributed by atoms with E-state index in [1.54, 1.807) is 18.3 Å². The summed E-state index contributed by atoms with van der Waals surface area (Å²) in [6.07, 6.45) is 1.66. The van der Waals surface area contributed by atoms with Gasteiger partial charge in [-0.25, -0.2) is 4.98 Å². The lowest BCUT2D eigenvalue weighted by molar-refractivity contribution is -0.115. The average Bonchev–Trinajstić information content (AvgIpc) is 3.32. The van der Waals surface area contributed by atoms with Gasteiger partial charge in [-0.2, -0.15) is 0 Å². The first-order chi connectivity index (χ1) is 15.6. The van der Waals surface area contributed by atoms with Crippen LogP contribution >= 0.6 is 23.1 Å². The molecule has 3 aromatic carbocycles. The number of nitrogens with one attached hydrogen (secondary N) is 2. The summed E-state index contributed by atoms with van der Waals surface area (Å²) in [5.74, 6) is -0.289. The molecule has 0 spiro atoms. The van der Waals surface area contributed by atoms with Gasteiger partial charge < -0.3 is 10.6 Å². The second kappa shape index (κ2) is 10.3. The summed E-state index contributed by atoms with van der Waals surface area (Å²) in [7, 11) is 0. The highest BCUT2D eigenvalue weighted by Crippen LogP contribution is 2.36. The van der Waals surface area contributed by atoms with Crippen molar-refractivity contribution in [3.05, 3.63) is 107 Å². The summed E-state index contributed by atoms with van der Waals surface area (Å²) < 4.78 is 0. The molecule has 32 heavy (non-hydrogen) atoms. The van der Waals surface area contributed by atoms with E-state index >= 15 is 0 Å². The van der Waals surface area contributed by atoms with Gasteiger partial charge in [0.1, 0.15) is 5.25 Å². The summed E-state index contributed by atoms with van der Waals surface area (Å²) in [4.78, 5) is 30.5. The lowest BCUT2D eigenvalue weighted by atomic mass is 10.1. The van der Waals surface area contributed by atoms with E-state index in [9.17, 15) is 9.59 Å². The molecule has 4 aromatic rings. The first-order valence-electron chi connectivity index (χ1n) is 9.98. The molecule has 160 valence electrons. The van der Waals surface area contributed by atoms with Crippen molar-refractivity contribution in [2.45, 2.75) is 17.1 Å². The summed E-state index contributed by atoms with van der Waals surface area (Å²) in [6, 6.07) is 24.6. The summed E-state index contributed by atoms with van der Waals surface area (Å²) in [5.41, 5.74) is 3.32. The highest BCUT2D eigenvalue weighted by molar-refractivity contribution is 8.00. The quantitative estimate of drug-likeness (QED) is 0.324. The van der Waals surface area contributed by atoms with Gasteiger partial charge in [0.2, 0.25) is 5.91 Å². The van der Waals surface area contributed by atoms with Crippen molar-refractivity contribution in [3.8, 4) is 0 Å². The van der Waals surface area contributed by atoms with Crippen LogP contribution in [-0.4, -0.2) is 16.8 Å². The maximum Gasteiger partial charge on any atom is 0.255 e. The van der Waals surface area contributed by atoms with Gasteiger partial charge in [-0.15, -0.1) is 23.1 Å². The molecule has 0 radical (unpaired) electrons. The van der Waals surface area contributed by atoms with Gasteiger partial charge in [-0.05, 0) is 48.9 Å². The molecule has 0 fully saturated rings. The SMILES string of the molecule is Cc1ccc(C(=O)Nc2ccc(SC(C(=O)Nc3nccs3)c3ccccc3)cc2)cc1. The van der Waals surface area contributed by atoms with Crippen LogP contribution in [0.2, 0.25) is 0 Å². The topological polar surface area (TPSA) is 71.1 Å². The molecule has 5 nitrogen and oxygen atoms in total. The predicted molar refractivity (Wildman–Crippen MR) is 131 cm³/mol. The normalized spacial score (nSPS) is 11.5. The minimum atomic E-state index is -0.437. The minimum absolute atomic E-state index is 0.132. The molecule has 2 N–H and O–H groups in total. The Hall–Kier alpha value is -3.42. The van der Waals surface area contributed by atoms with Crippen LogP contribution in [0.3, 0.4) is 0 Å². The van der Waals surface area contributed by atoms with Gasteiger partial charge in [0, 0.05) is 27.7 Å². The van der Waals surface area contributed by atoms with Crippen molar-refractivity contribution in [2.75, 3.05) is 10.6 Å². The van der Waals surface area contributed by atoms with Crippen molar-refractivity contribution in [1.82, 2.24) is 4.98 Å². The number of nitrogens with zero attached hydrogens (tertiary/aromatic N) is 1. The van der Waals surface area contributed by atoms with E-state index in [-0.39, 0.29) is 11.8 Å². The van der Waals surface area contributed by atoms with E-state index in [1.165, 1.54) is 23.1 Å². The Morgan fingerprint density at radius 2 is 1.62 bits per heavy atom. The number of thioether (sulfide) groups is 1. The van der Waals surface area contributed by atoms with E-state index < -0.39 is 5.25 Å². The second-order valence-corrected chi connectivity index (χ2v) is 9.15. The molecule has 0 bridgehead atoms. The standard InChI is InChI=1S/C25H21N3O2S2/c1-17-7-9-19(10-8-17)23(29)27-20-11-13-21(14-12-20)32-22(18-5-3-2-4-6-18)24(30)28-25-26-15-16-31-25/h2-16,22H,1H3,(H,27,29)(H,26,28,30). The number of rotatable bonds is 7. The molecular weight excluding hydrogens is 438 g/mol. The molecule has 0 aliphatic rings. The van der Waals surface area contributed by atoms with Gasteiger partial charge in [-0.1, -0.05) is 48.0 Å². The third-order valence-electron chi connectivity index (χ3n) is 4.68. The molecule has 0 aliphatic carbocycles. The number of hydrogen-bond donors (Lipinski definition) is 2. The van der Waals surface area contributed by atoms with Crippen LogP contribution in [-0.2, 0) is 4.79 Å². The number of thiazole rings is 1. The first-order valence-corrected chi connectivity index (χ1v) is 11.7. The highest BCUT2D eigenvalue weighted by atomic mass is 32.2. The number of aryl methyl sites for hydroxylation is 1. The van der Waals surface area contributed by atoms with Gasteiger partial charge in [0.05, 0.1) is 0 Å². The summed E-state index contributed by atoms with van der Waals surface area (Å²) >= 11 is 2.83. The molecule has 1 aromatic heterocycles. The van der Waals surface area contributed by atoms with Crippen molar-refractivity contribution in [3.63, 3.8) is 0 Å². The molecule has 7 heteroatoms. The van der Waals surface area contributed by atoms with Crippen LogP contribution in [0.4, 0.5) is 10.8 Å². The van der Waals surface area contributed by atoms with Crippen LogP contribution in [0.25, 0.3) is 0 Å². The fraction of sp³-hybridized carbons (Fsp3) is 0.0800. The molecule has 4 rings (SSSR count). The Balaban J connectivity index is 1.47. The molecule has 2 amide bonds. The van der Waals surface area contributed by atoms with Crippen molar-refractivity contribution in [1.29, 1.82) is 0 Å². The lowest BCUT2D eigenvalue weighted by Gasteiger charge is -2.16. The minimum Gasteiger partial charge on any atom is -0.322 e. The van der Waals surface area contributed by atoms with E-state index in [2.05, 4.69) is 15.6 Å². The Morgan fingerprint density at radius 1 is 0.906 bits per heavy atom. The molecular formula is C25H21N3O2S2. The molecule has 1 atom stereocenters. The summed E-state index contributed by atoms with van der Waals surface area (Å²) in [6.45, 7) is 1.98. The zero-order valence-electron chi connectivity index (χ0n) is 17.3. The Morgan fingerprint density at radius 3 is 2.28 bits per heavy atom. The van der Waals surface area contributed by atoms with Crippen LogP contribution in [0.5, 0.6) is 0 Å². The van der Waals surface area contributed by atoms with E-state index in [0.717, 1.165) is 16.0 Å². The zero-order valence-corrected chi connectivity index (χ0v) is 19.0. The van der Waals surface area contributed by atoms with Crippen LogP contribution < -0.4 is 10.6 Å². The van der Waals surface area contributed by atoms with Gasteiger partial charge >= 0.3 is 0 Å². The number of carbonyl (C=O) groups is 2. The number of aromatic nitrogens is 1. The molecule has 0 saturated heterocycles. The van der Waals surface area contributed by atoms with Gasteiger partial charge in [0.15, 0.2) is 5.13 Å². The molecule has 0 saturated carbocycles. The van der Waals surface area contributed by atoms with Gasteiger partial charge in [0.25, 0.3) is 5.91 Å². The summed E-state index contributed by atoms with van der Waals surface area (Å²) in [5, 5.41) is 7.76. The van der Waals surface area contributed by atoms with Crippen molar-refractivity contribution in [2.24, 2.45) is 0 Å². The van der Waals surface area contributed by atoms with Crippen molar-refractivity contribution >= 4 is 45.7 Å².